The highest BCUT2D eigenvalue weighted by atomic mass is 19.2. The van der Waals surface area contributed by atoms with Crippen LogP contribution in [-0.2, 0) is 0 Å². The van der Waals surface area contributed by atoms with Gasteiger partial charge in [-0.1, -0.05) is 51.1 Å². The Bertz CT molecular complexity index is 1360. The fourth-order valence-electron chi connectivity index (χ4n) is 7.44. The molecule has 2 aliphatic carbocycles. The van der Waals surface area contributed by atoms with Crippen molar-refractivity contribution in [2.45, 2.75) is 45.3 Å². The van der Waals surface area contributed by atoms with Crippen LogP contribution in [0, 0.1) is 74.9 Å². The lowest BCUT2D eigenvalue weighted by Crippen LogP contribution is -2.56. The van der Waals surface area contributed by atoms with Crippen molar-refractivity contribution in [3.8, 4) is 0 Å². The molecule has 3 aromatic rings. The molecule has 206 valence electrons. The van der Waals surface area contributed by atoms with Gasteiger partial charge in [0.1, 0.15) is 0 Å². The summed E-state index contributed by atoms with van der Waals surface area (Å²) in [7, 11) is 0. The topological polar surface area (TPSA) is 0 Å². The Hall–Kier alpha value is -2.98. The van der Waals surface area contributed by atoms with Crippen LogP contribution >= 0.6 is 0 Å². The molecule has 4 atom stereocenters. The van der Waals surface area contributed by atoms with E-state index in [4.69, 9.17) is 0 Å². The van der Waals surface area contributed by atoms with Crippen molar-refractivity contribution in [3.63, 3.8) is 0 Å². The molecule has 3 aromatic carbocycles. The predicted molar refractivity (Wildman–Crippen MR) is 125 cm³/mol. The molecule has 0 aliphatic heterocycles. The second kappa shape index (κ2) is 9.03. The van der Waals surface area contributed by atoms with E-state index in [2.05, 4.69) is 0 Å². The van der Waals surface area contributed by atoms with Crippen molar-refractivity contribution in [1.29, 1.82) is 0 Å². The Morgan fingerprint density at radius 3 is 1.38 bits per heavy atom. The smallest absolute Gasteiger partial charge is 0.204 e. The zero-order chi connectivity index (χ0) is 28.8. The van der Waals surface area contributed by atoms with E-state index in [1.807, 2.05) is 20.8 Å². The van der Waals surface area contributed by atoms with E-state index in [1.165, 1.54) is 0 Å². The SMILES string of the molecule is CC1(C)C2CC[C@@]1(C)C(c1ccccc1)C2B(c1c(F)c(F)c(F)c(F)c1F)c1c(F)c(F)c(F)c(F)c1F. The monoisotopic (exact) mass is 558 g/mol. The molecule has 0 N–H and O–H groups in total. The first-order valence-corrected chi connectivity index (χ1v) is 12.3. The first kappa shape index (κ1) is 27.6. The average Bonchev–Trinajstić information content (AvgIpc) is 3.25. The lowest BCUT2D eigenvalue weighted by Gasteiger charge is -2.42. The van der Waals surface area contributed by atoms with Gasteiger partial charge in [0.15, 0.2) is 58.2 Å². The lowest BCUT2D eigenvalue weighted by molar-refractivity contribution is 0.134. The Kier molecular flexibility index (Phi) is 6.38. The van der Waals surface area contributed by atoms with E-state index >= 15 is 17.6 Å². The normalized spacial score (nSPS) is 25.4. The minimum Gasteiger partial charge on any atom is -0.204 e. The lowest BCUT2D eigenvalue weighted by atomic mass is 9.28. The summed E-state index contributed by atoms with van der Waals surface area (Å²) in [5, 5.41) is 0. The number of fused-ring (bicyclic) bond motifs is 2. The van der Waals surface area contributed by atoms with Crippen LogP contribution in [0.1, 0.15) is 45.1 Å². The van der Waals surface area contributed by atoms with Gasteiger partial charge in [-0.15, -0.1) is 0 Å². The van der Waals surface area contributed by atoms with Crippen LogP contribution in [0.4, 0.5) is 43.9 Å². The molecule has 0 nitrogen and oxygen atoms in total. The summed E-state index contributed by atoms with van der Waals surface area (Å²) in [6.07, 6.45) is 0.875. The second-order valence-corrected chi connectivity index (χ2v) is 11.2. The van der Waals surface area contributed by atoms with Gasteiger partial charge in [-0.3, -0.25) is 0 Å². The third kappa shape index (κ3) is 3.53. The van der Waals surface area contributed by atoms with E-state index in [-0.39, 0.29) is 0 Å². The highest BCUT2D eigenvalue weighted by molar-refractivity contribution is 6.86. The highest BCUT2D eigenvalue weighted by Crippen LogP contribution is 2.75. The Balaban J connectivity index is 1.93. The summed E-state index contributed by atoms with van der Waals surface area (Å²) < 4.78 is 147. The summed E-state index contributed by atoms with van der Waals surface area (Å²) >= 11 is 0. The van der Waals surface area contributed by atoms with E-state index in [0.29, 0.717) is 18.4 Å². The fraction of sp³-hybridized carbons (Fsp3) is 0.357. The van der Waals surface area contributed by atoms with Crippen LogP contribution in [0.3, 0.4) is 0 Å². The average molecular weight is 558 g/mol. The summed E-state index contributed by atoms with van der Waals surface area (Å²) in [5.74, 6) is -26.9. The molecule has 2 saturated carbocycles. The Morgan fingerprint density at radius 2 is 0.974 bits per heavy atom. The molecule has 3 unspecified atom stereocenters. The van der Waals surface area contributed by atoms with Crippen LogP contribution in [0.5, 0.6) is 0 Å². The first-order valence-electron chi connectivity index (χ1n) is 12.3. The standard InChI is InChI=1S/C28H21BF10/c1-27(2)12-9-10-28(27,3)13(11-7-5-4-6-8-11)14(12)29(15-17(30)21(34)25(38)22(35)18(15)31)16-19(32)23(36)26(39)24(37)20(16)33/h4-8,12-14H,9-10H2,1-3H3/t12?,13?,14?,28-/m0/s1. The maximum Gasteiger partial charge on any atom is 0.229 e. The number of halogens is 10. The molecule has 0 saturated heterocycles. The predicted octanol–water partition coefficient (Wildman–Crippen LogP) is 7.30. The maximum atomic E-state index is 15.4. The number of hydrogen-bond acceptors (Lipinski definition) is 0. The van der Waals surface area contributed by atoms with Crippen LogP contribution in [-0.4, -0.2) is 6.71 Å². The number of benzene rings is 3. The van der Waals surface area contributed by atoms with E-state index in [1.54, 1.807) is 30.3 Å². The number of hydrogen-bond donors (Lipinski definition) is 0. The molecule has 5 rings (SSSR count). The van der Waals surface area contributed by atoms with Crippen LogP contribution in [0.25, 0.3) is 0 Å². The van der Waals surface area contributed by atoms with Crippen molar-refractivity contribution >= 4 is 17.6 Å². The molecular weight excluding hydrogens is 537 g/mol. The van der Waals surface area contributed by atoms with Gasteiger partial charge in [0, 0.05) is 10.9 Å². The van der Waals surface area contributed by atoms with Crippen LogP contribution in [0.15, 0.2) is 30.3 Å². The highest BCUT2D eigenvalue weighted by Gasteiger charge is 2.69. The summed E-state index contributed by atoms with van der Waals surface area (Å²) in [6.45, 7) is 3.07. The van der Waals surface area contributed by atoms with Crippen molar-refractivity contribution < 1.29 is 43.9 Å². The molecule has 0 spiro atoms. The van der Waals surface area contributed by atoms with Gasteiger partial charge in [0.2, 0.25) is 6.71 Å². The van der Waals surface area contributed by atoms with Crippen molar-refractivity contribution in [2.75, 3.05) is 0 Å². The third-order valence-electron chi connectivity index (χ3n) is 9.56. The largest absolute Gasteiger partial charge is 0.229 e. The van der Waals surface area contributed by atoms with Crippen molar-refractivity contribution in [3.05, 3.63) is 94.1 Å². The quantitative estimate of drug-likeness (QED) is 0.137. The zero-order valence-corrected chi connectivity index (χ0v) is 20.9. The third-order valence-corrected chi connectivity index (χ3v) is 9.56. The van der Waals surface area contributed by atoms with E-state index in [0.717, 1.165) is 0 Å². The first-order chi connectivity index (χ1) is 18.2. The van der Waals surface area contributed by atoms with Gasteiger partial charge in [0.05, 0.1) is 0 Å². The fourth-order valence-corrected chi connectivity index (χ4v) is 7.44. The Labute approximate surface area is 218 Å². The van der Waals surface area contributed by atoms with Gasteiger partial charge in [-0.05, 0) is 46.9 Å². The minimum absolute atomic E-state index is 0.332. The van der Waals surface area contributed by atoms with Crippen LogP contribution < -0.4 is 10.9 Å². The molecule has 0 aromatic heterocycles. The molecule has 11 heteroatoms. The van der Waals surface area contributed by atoms with Gasteiger partial charge in [0.25, 0.3) is 0 Å². The molecule has 2 bridgehead atoms. The molecule has 2 fully saturated rings. The van der Waals surface area contributed by atoms with Crippen LogP contribution in [0.2, 0.25) is 5.82 Å². The summed E-state index contributed by atoms with van der Waals surface area (Å²) in [4.78, 5) is 0. The maximum absolute atomic E-state index is 15.4. The molecular formula is C28H21BF10. The Morgan fingerprint density at radius 1 is 0.590 bits per heavy atom. The van der Waals surface area contributed by atoms with Gasteiger partial charge in [-0.25, -0.2) is 43.9 Å². The van der Waals surface area contributed by atoms with E-state index in [9.17, 15) is 26.3 Å². The van der Waals surface area contributed by atoms with Crippen molar-refractivity contribution in [1.82, 2.24) is 0 Å². The summed E-state index contributed by atoms with van der Waals surface area (Å²) in [6, 6.07) is 8.24. The van der Waals surface area contributed by atoms with E-state index < -0.39 is 104 Å². The minimum atomic E-state index is -2.51. The van der Waals surface area contributed by atoms with Gasteiger partial charge >= 0.3 is 0 Å². The second-order valence-electron chi connectivity index (χ2n) is 11.2. The van der Waals surface area contributed by atoms with Gasteiger partial charge in [-0.2, -0.15) is 0 Å². The number of rotatable bonds is 4. The van der Waals surface area contributed by atoms with Gasteiger partial charge < -0.3 is 0 Å². The summed E-state index contributed by atoms with van der Waals surface area (Å²) in [5.41, 5.74) is -4.17. The molecule has 39 heavy (non-hydrogen) atoms. The zero-order valence-electron chi connectivity index (χ0n) is 20.9. The molecule has 0 amide bonds. The molecule has 2 aliphatic rings. The van der Waals surface area contributed by atoms with Crippen molar-refractivity contribution in [2.24, 2.45) is 16.7 Å². The molecule has 0 heterocycles. The molecule has 0 radical (unpaired) electrons.